The van der Waals surface area contributed by atoms with Gasteiger partial charge in [-0.3, -0.25) is 0 Å². The predicted molar refractivity (Wildman–Crippen MR) is 114 cm³/mol. The molecule has 27 heavy (non-hydrogen) atoms. The molecular formula is C26H46O. The number of aliphatic hydroxyl groups excluding tert-OH is 1. The molecule has 0 saturated heterocycles. The number of fused-ring (bicyclic) bond motifs is 5. The smallest absolute Gasteiger partial charge is 0.0605 e. The summed E-state index contributed by atoms with van der Waals surface area (Å²) in [6.45, 7) is 12.5. The van der Waals surface area contributed by atoms with Crippen molar-refractivity contribution in [1.82, 2.24) is 0 Å². The van der Waals surface area contributed by atoms with E-state index in [4.69, 9.17) is 0 Å². The lowest BCUT2D eigenvalue weighted by atomic mass is 9.41. The predicted octanol–water partition coefficient (Wildman–Crippen LogP) is 7.08. The van der Waals surface area contributed by atoms with E-state index in [-0.39, 0.29) is 6.10 Å². The molecule has 0 aromatic carbocycles. The molecule has 1 N–H and O–H groups in total. The second kappa shape index (κ2) is 7.33. The molecule has 0 amide bonds. The maximum absolute atomic E-state index is 11.7. The minimum atomic E-state index is -0.0268. The highest BCUT2D eigenvalue weighted by Crippen LogP contribution is 2.69. The average Bonchev–Trinajstić information content (AvgIpc) is 3.00. The van der Waals surface area contributed by atoms with Crippen molar-refractivity contribution in [3.8, 4) is 0 Å². The van der Waals surface area contributed by atoms with Crippen molar-refractivity contribution in [3.05, 3.63) is 0 Å². The zero-order valence-corrected chi connectivity index (χ0v) is 18.8. The van der Waals surface area contributed by atoms with Gasteiger partial charge in [0.15, 0.2) is 0 Å². The van der Waals surface area contributed by atoms with E-state index in [1.54, 1.807) is 0 Å². The quantitative estimate of drug-likeness (QED) is 0.557. The molecule has 4 rings (SSSR count). The van der Waals surface area contributed by atoms with Crippen LogP contribution in [-0.4, -0.2) is 11.2 Å². The Morgan fingerprint density at radius 3 is 2.33 bits per heavy atom. The minimum Gasteiger partial charge on any atom is -0.393 e. The summed E-state index contributed by atoms with van der Waals surface area (Å²) in [6, 6.07) is 0. The summed E-state index contributed by atoms with van der Waals surface area (Å²) in [5.41, 5.74) is 1.00. The van der Waals surface area contributed by atoms with Gasteiger partial charge in [-0.05, 0) is 90.8 Å². The van der Waals surface area contributed by atoms with Crippen LogP contribution in [0.5, 0.6) is 0 Å². The first-order chi connectivity index (χ1) is 12.9. The van der Waals surface area contributed by atoms with Gasteiger partial charge >= 0.3 is 0 Å². The van der Waals surface area contributed by atoms with Crippen LogP contribution in [0, 0.1) is 52.3 Å². The SMILES string of the molecule is CCC[C@@H](C)C1CCC2C3C(O)[C@H](CC)C4CCCCC4(C)C3CCC21C. The van der Waals surface area contributed by atoms with E-state index >= 15 is 0 Å². The van der Waals surface area contributed by atoms with Gasteiger partial charge in [-0.25, -0.2) is 0 Å². The third-order valence-corrected chi connectivity index (χ3v) is 10.8. The Balaban J connectivity index is 1.67. The van der Waals surface area contributed by atoms with Gasteiger partial charge in [-0.2, -0.15) is 0 Å². The second-order valence-corrected chi connectivity index (χ2v) is 11.7. The van der Waals surface area contributed by atoms with Crippen LogP contribution in [0.25, 0.3) is 0 Å². The van der Waals surface area contributed by atoms with Crippen LogP contribution in [0.15, 0.2) is 0 Å². The fourth-order valence-corrected chi connectivity index (χ4v) is 9.67. The summed E-state index contributed by atoms with van der Waals surface area (Å²) in [4.78, 5) is 0. The van der Waals surface area contributed by atoms with Crippen molar-refractivity contribution >= 4 is 0 Å². The molecule has 1 nitrogen and oxygen atoms in total. The van der Waals surface area contributed by atoms with E-state index in [1.807, 2.05) is 0 Å². The Labute approximate surface area is 169 Å². The molecule has 4 fully saturated rings. The Bertz CT molecular complexity index is 528. The molecule has 8 unspecified atom stereocenters. The summed E-state index contributed by atoms with van der Waals surface area (Å²) in [5, 5.41) is 11.7. The maximum atomic E-state index is 11.7. The molecule has 0 heterocycles. The first-order valence-corrected chi connectivity index (χ1v) is 12.6. The van der Waals surface area contributed by atoms with Crippen molar-refractivity contribution in [3.63, 3.8) is 0 Å². The summed E-state index contributed by atoms with van der Waals surface area (Å²) in [6.07, 6.45) is 15.2. The molecule has 0 bridgehead atoms. The van der Waals surface area contributed by atoms with Crippen molar-refractivity contribution in [2.75, 3.05) is 0 Å². The van der Waals surface area contributed by atoms with Crippen LogP contribution in [0.4, 0.5) is 0 Å². The molecule has 0 spiro atoms. The molecule has 0 aromatic rings. The van der Waals surface area contributed by atoms with Crippen molar-refractivity contribution in [2.45, 2.75) is 111 Å². The zero-order valence-electron chi connectivity index (χ0n) is 18.8. The summed E-state index contributed by atoms with van der Waals surface area (Å²) < 4.78 is 0. The highest BCUT2D eigenvalue weighted by Gasteiger charge is 2.64. The highest BCUT2D eigenvalue weighted by atomic mass is 16.3. The monoisotopic (exact) mass is 374 g/mol. The summed E-state index contributed by atoms with van der Waals surface area (Å²) in [5.74, 6) is 5.27. The Kier molecular flexibility index (Phi) is 5.50. The molecule has 0 aliphatic heterocycles. The number of hydrogen-bond acceptors (Lipinski definition) is 1. The molecule has 4 aliphatic carbocycles. The summed E-state index contributed by atoms with van der Waals surface area (Å²) in [7, 11) is 0. The third kappa shape index (κ3) is 2.88. The minimum absolute atomic E-state index is 0.0268. The summed E-state index contributed by atoms with van der Waals surface area (Å²) >= 11 is 0. The normalized spacial score (nSPS) is 53.3. The Morgan fingerprint density at radius 2 is 1.63 bits per heavy atom. The van der Waals surface area contributed by atoms with E-state index in [0.29, 0.717) is 22.7 Å². The first-order valence-electron chi connectivity index (χ1n) is 12.6. The molecule has 4 aliphatic rings. The molecule has 10 atom stereocenters. The molecule has 0 radical (unpaired) electrons. The lowest BCUT2D eigenvalue weighted by molar-refractivity contribution is -0.194. The van der Waals surface area contributed by atoms with Crippen LogP contribution < -0.4 is 0 Å². The average molecular weight is 375 g/mol. The van der Waals surface area contributed by atoms with Crippen LogP contribution in [-0.2, 0) is 0 Å². The topological polar surface area (TPSA) is 20.2 Å². The highest BCUT2D eigenvalue weighted by molar-refractivity contribution is 5.13. The Morgan fingerprint density at radius 1 is 0.889 bits per heavy atom. The van der Waals surface area contributed by atoms with Crippen molar-refractivity contribution in [1.29, 1.82) is 0 Å². The lowest BCUT2D eigenvalue weighted by Crippen LogP contribution is -2.61. The second-order valence-electron chi connectivity index (χ2n) is 11.7. The maximum Gasteiger partial charge on any atom is 0.0605 e. The fourth-order valence-electron chi connectivity index (χ4n) is 9.67. The number of hydrogen-bond donors (Lipinski definition) is 1. The largest absolute Gasteiger partial charge is 0.393 e. The standard InChI is InChI=1S/C26H46O/c1-6-10-17(3)19-12-13-21-23-22(14-16-26(19,21)5)25(4)15-9-8-11-20(25)18(7-2)24(23)27/h17-24,27H,6-16H2,1-5H3/t17-,18-,19?,20?,21?,22?,23?,24?,25?,26?/m1/s1. The first kappa shape index (κ1) is 20.2. The lowest BCUT2D eigenvalue weighted by Gasteiger charge is -2.64. The van der Waals surface area contributed by atoms with Gasteiger partial charge in [0.2, 0.25) is 0 Å². The third-order valence-electron chi connectivity index (χ3n) is 10.8. The van der Waals surface area contributed by atoms with Crippen LogP contribution in [0.1, 0.15) is 105 Å². The van der Waals surface area contributed by atoms with Gasteiger partial charge in [-0.1, -0.05) is 66.7 Å². The molecule has 1 heteroatoms. The van der Waals surface area contributed by atoms with Gasteiger partial charge in [-0.15, -0.1) is 0 Å². The molecule has 0 aromatic heterocycles. The number of aliphatic hydroxyl groups is 1. The van der Waals surface area contributed by atoms with Crippen molar-refractivity contribution in [2.24, 2.45) is 52.3 Å². The van der Waals surface area contributed by atoms with Crippen molar-refractivity contribution < 1.29 is 5.11 Å². The molecule has 156 valence electrons. The van der Waals surface area contributed by atoms with Gasteiger partial charge in [0.1, 0.15) is 0 Å². The van der Waals surface area contributed by atoms with E-state index in [1.165, 1.54) is 70.6 Å². The fraction of sp³-hybridized carbons (Fsp3) is 1.00. The number of rotatable bonds is 4. The van der Waals surface area contributed by atoms with Gasteiger partial charge < -0.3 is 5.11 Å². The van der Waals surface area contributed by atoms with E-state index in [9.17, 15) is 5.11 Å². The Hall–Kier alpha value is -0.0400. The van der Waals surface area contributed by atoms with Gasteiger partial charge in [0, 0.05) is 0 Å². The molecule has 4 saturated carbocycles. The van der Waals surface area contributed by atoms with E-state index in [2.05, 4.69) is 34.6 Å². The van der Waals surface area contributed by atoms with E-state index in [0.717, 1.165) is 29.6 Å². The van der Waals surface area contributed by atoms with Crippen LogP contribution >= 0.6 is 0 Å². The van der Waals surface area contributed by atoms with Crippen LogP contribution in [0.3, 0.4) is 0 Å². The van der Waals surface area contributed by atoms with Gasteiger partial charge in [0.05, 0.1) is 6.10 Å². The molecular weight excluding hydrogens is 328 g/mol. The zero-order chi connectivity index (χ0) is 19.4. The van der Waals surface area contributed by atoms with E-state index < -0.39 is 0 Å². The van der Waals surface area contributed by atoms with Gasteiger partial charge in [0.25, 0.3) is 0 Å². The van der Waals surface area contributed by atoms with Crippen LogP contribution in [0.2, 0.25) is 0 Å².